The maximum absolute atomic E-state index is 12.5. The summed E-state index contributed by atoms with van der Waals surface area (Å²) in [4.78, 5) is 25.0. The van der Waals surface area contributed by atoms with Crippen LogP contribution in [0, 0.1) is 0 Å². The first-order valence-corrected chi connectivity index (χ1v) is 11.2. The molecule has 162 valence electrons. The van der Waals surface area contributed by atoms with Crippen molar-refractivity contribution in [3.05, 3.63) is 89.4 Å². The van der Waals surface area contributed by atoms with Crippen LogP contribution in [0.25, 0.3) is 0 Å². The summed E-state index contributed by atoms with van der Waals surface area (Å²) in [6.07, 6.45) is 1.28. The van der Waals surface area contributed by atoms with E-state index in [4.69, 9.17) is 9.15 Å². The molecule has 3 aromatic rings. The van der Waals surface area contributed by atoms with Crippen molar-refractivity contribution in [1.29, 1.82) is 0 Å². The number of carbonyl (C=O) groups is 2. The summed E-state index contributed by atoms with van der Waals surface area (Å²) in [5.41, 5.74) is 1.57. The molecule has 0 radical (unpaired) electrons. The van der Waals surface area contributed by atoms with Crippen LogP contribution in [-0.4, -0.2) is 26.3 Å². The Balaban J connectivity index is 1.68. The zero-order chi connectivity index (χ0) is 22.4. The van der Waals surface area contributed by atoms with E-state index in [1.165, 1.54) is 37.5 Å². The quantitative estimate of drug-likeness (QED) is 0.401. The molecule has 8 heteroatoms. The maximum atomic E-state index is 12.5. The molecular formula is C23H23NO6S. The summed E-state index contributed by atoms with van der Waals surface area (Å²) in [5.74, 6) is -0.660. The van der Waals surface area contributed by atoms with Crippen LogP contribution < -0.4 is 4.72 Å². The molecule has 2 aromatic carbocycles. The van der Waals surface area contributed by atoms with Gasteiger partial charge in [0.05, 0.1) is 23.3 Å². The Bertz CT molecular complexity index is 1150. The lowest BCUT2D eigenvalue weighted by Crippen LogP contribution is -2.25. The summed E-state index contributed by atoms with van der Waals surface area (Å²) in [5, 5.41) is 0. The van der Waals surface area contributed by atoms with Gasteiger partial charge in [0.2, 0.25) is 15.8 Å². The summed E-state index contributed by atoms with van der Waals surface area (Å²) in [6.45, 7) is 3.48. The fraction of sp³-hybridized carbons (Fsp3) is 0.217. The molecule has 0 fully saturated rings. The third kappa shape index (κ3) is 5.68. The zero-order valence-corrected chi connectivity index (χ0v) is 18.0. The molecule has 1 N–H and O–H groups in total. The van der Waals surface area contributed by atoms with E-state index in [0.29, 0.717) is 11.3 Å². The molecule has 0 aliphatic heterocycles. The van der Waals surface area contributed by atoms with Crippen molar-refractivity contribution >= 4 is 21.8 Å². The number of benzene rings is 2. The van der Waals surface area contributed by atoms with Crippen LogP contribution in [0.1, 0.15) is 45.9 Å². The number of hydrogen-bond donors (Lipinski definition) is 1. The van der Waals surface area contributed by atoms with Crippen LogP contribution in [0.5, 0.6) is 0 Å². The van der Waals surface area contributed by atoms with Crippen LogP contribution in [0.15, 0.2) is 76.2 Å². The number of ketones is 1. The van der Waals surface area contributed by atoms with E-state index < -0.39 is 22.1 Å². The molecule has 3 rings (SSSR count). The number of Topliss-reactive ketones (excluding diaryl/α,β-unsaturated/α-hetero) is 1. The van der Waals surface area contributed by atoms with Crippen molar-refractivity contribution in [2.75, 3.05) is 0 Å². The van der Waals surface area contributed by atoms with Gasteiger partial charge in [-0.2, -0.15) is 0 Å². The number of sulfonamides is 1. The van der Waals surface area contributed by atoms with Crippen LogP contribution in [-0.2, 0) is 27.7 Å². The summed E-state index contributed by atoms with van der Waals surface area (Å²) < 4.78 is 37.8. The number of furan rings is 1. The van der Waals surface area contributed by atoms with E-state index in [0.717, 1.165) is 12.0 Å². The van der Waals surface area contributed by atoms with Gasteiger partial charge in [0.1, 0.15) is 5.76 Å². The van der Waals surface area contributed by atoms with E-state index in [1.54, 1.807) is 24.3 Å². The van der Waals surface area contributed by atoms with E-state index in [9.17, 15) is 18.0 Å². The molecule has 31 heavy (non-hydrogen) atoms. The predicted octanol–water partition coefficient (Wildman–Crippen LogP) is 3.75. The molecule has 1 atom stereocenters. The Hall–Kier alpha value is -3.23. The smallest absolute Gasteiger partial charge is 0.338 e. The zero-order valence-electron chi connectivity index (χ0n) is 17.2. The molecule has 1 heterocycles. The minimum atomic E-state index is -3.87. The highest BCUT2D eigenvalue weighted by Crippen LogP contribution is 2.16. The monoisotopic (exact) mass is 441 g/mol. The minimum absolute atomic E-state index is 0.0215. The Labute approximate surface area is 181 Å². The Morgan fingerprint density at radius 1 is 1.03 bits per heavy atom. The number of ether oxygens (including phenoxy) is 1. The fourth-order valence-corrected chi connectivity index (χ4v) is 3.91. The Kier molecular flexibility index (Phi) is 7.04. The number of rotatable bonds is 9. The lowest BCUT2D eigenvalue weighted by molar-refractivity contribution is 0.0318. The largest absolute Gasteiger partial charge is 0.468 e. The van der Waals surface area contributed by atoms with Gasteiger partial charge >= 0.3 is 5.97 Å². The van der Waals surface area contributed by atoms with Crippen LogP contribution >= 0.6 is 0 Å². The molecule has 1 aromatic heterocycles. The summed E-state index contributed by atoms with van der Waals surface area (Å²) in [6, 6.07) is 15.8. The first kappa shape index (κ1) is 22.5. The molecule has 7 nitrogen and oxygen atoms in total. The maximum Gasteiger partial charge on any atom is 0.338 e. The van der Waals surface area contributed by atoms with Gasteiger partial charge < -0.3 is 9.15 Å². The third-order valence-corrected chi connectivity index (χ3v) is 6.10. The topological polar surface area (TPSA) is 103 Å². The van der Waals surface area contributed by atoms with Gasteiger partial charge in [0, 0.05) is 5.56 Å². The summed E-state index contributed by atoms with van der Waals surface area (Å²) in [7, 11) is -3.87. The number of hydrogen-bond acceptors (Lipinski definition) is 6. The van der Waals surface area contributed by atoms with Gasteiger partial charge in [-0.15, -0.1) is 0 Å². The van der Waals surface area contributed by atoms with Crippen molar-refractivity contribution in [2.45, 2.75) is 37.8 Å². The van der Waals surface area contributed by atoms with Gasteiger partial charge in [0.15, 0.2) is 6.10 Å². The van der Waals surface area contributed by atoms with Crippen molar-refractivity contribution in [1.82, 2.24) is 4.72 Å². The van der Waals surface area contributed by atoms with Gasteiger partial charge in [-0.1, -0.05) is 37.3 Å². The van der Waals surface area contributed by atoms with E-state index in [1.807, 2.05) is 19.1 Å². The number of nitrogens with one attached hydrogen (secondary N) is 1. The van der Waals surface area contributed by atoms with E-state index in [-0.39, 0.29) is 22.8 Å². The van der Waals surface area contributed by atoms with Crippen molar-refractivity contribution in [3.8, 4) is 0 Å². The Morgan fingerprint density at radius 2 is 1.77 bits per heavy atom. The normalized spacial score (nSPS) is 12.3. The molecule has 0 amide bonds. The Morgan fingerprint density at radius 3 is 2.42 bits per heavy atom. The lowest BCUT2D eigenvalue weighted by atomic mass is 10.0. The van der Waals surface area contributed by atoms with Gasteiger partial charge in [0.25, 0.3) is 0 Å². The highest BCUT2D eigenvalue weighted by molar-refractivity contribution is 7.89. The van der Waals surface area contributed by atoms with Gasteiger partial charge in [-0.25, -0.2) is 17.9 Å². The van der Waals surface area contributed by atoms with Crippen molar-refractivity contribution < 1.29 is 27.2 Å². The average Bonchev–Trinajstić information content (AvgIpc) is 3.31. The van der Waals surface area contributed by atoms with Crippen LogP contribution in [0.4, 0.5) is 0 Å². The van der Waals surface area contributed by atoms with Crippen molar-refractivity contribution in [2.24, 2.45) is 0 Å². The second-order valence-corrected chi connectivity index (χ2v) is 8.66. The first-order chi connectivity index (χ1) is 14.8. The minimum Gasteiger partial charge on any atom is -0.468 e. The SMILES string of the molecule is CCc1ccc(C(=O)C(C)OC(=O)c2cccc(S(=O)(=O)NCc3ccco3)c2)cc1. The molecule has 0 bridgehead atoms. The molecule has 0 aliphatic carbocycles. The lowest BCUT2D eigenvalue weighted by Gasteiger charge is -2.13. The van der Waals surface area contributed by atoms with Gasteiger partial charge in [-0.3, -0.25) is 4.79 Å². The number of esters is 1. The molecule has 0 spiro atoms. The fourth-order valence-electron chi connectivity index (χ4n) is 2.87. The molecular weight excluding hydrogens is 418 g/mol. The summed E-state index contributed by atoms with van der Waals surface area (Å²) >= 11 is 0. The molecule has 0 saturated carbocycles. The third-order valence-electron chi connectivity index (χ3n) is 4.70. The van der Waals surface area contributed by atoms with Crippen LogP contribution in [0.3, 0.4) is 0 Å². The first-order valence-electron chi connectivity index (χ1n) is 9.76. The van der Waals surface area contributed by atoms with Crippen LogP contribution in [0.2, 0.25) is 0 Å². The second kappa shape index (κ2) is 9.72. The average molecular weight is 442 g/mol. The molecule has 0 saturated heterocycles. The van der Waals surface area contributed by atoms with E-state index >= 15 is 0 Å². The van der Waals surface area contributed by atoms with Crippen molar-refractivity contribution in [3.63, 3.8) is 0 Å². The van der Waals surface area contributed by atoms with Gasteiger partial charge in [-0.05, 0) is 49.2 Å². The highest BCUT2D eigenvalue weighted by Gasteiger charge is 2.22. The molecule has 0 aliphatic rings. The predicted molar refractivity (Wildman–Crippen MR) is 114 cm³/mol. The highest BCUT2D eigenvalue weighted by atomic mass is 32.2. The van der Waals surface area contributed by atoms with E-state index in [2.05, 4.69) is 4.72 Å². The molecule has 1 unspecified atom stereocenters. The second-order valence-electron chi connectivity index (χ2n) is 6.89. The standard InChI is InChI=1S/C23H23NO6S/c1-3-17-9-11-18(12-10-17)22(25)16(2)30-23(26)19-6-4-8-21(14-19)31(27,28)24-15-20-7-5-13-29-20/h4-14,16,24H,3,15H2,1-2H3. The number of carbonyl (C=O) groups excluding carboxylic acids is 2. The number of aryl methyl sites for hydroxylation is 1.